The number of nitrogens with one attached hydrogen (secondary N) is 1. The Morgan fingerprint density at radius 1 is 1.00 bits per heavy atom. The van der Waals surface area contributed by atoms with Crippen LogP contribution in [0, 0.1) is 0 Å². The number of rotatable bonds is 7. The number of carbonyl (C=O) groups excluding carboxylic acids is 1. The zero-order valence-corrected chi connectivity index (χ0v) is 17.2. The molecule has 0 aliphatic heterocycles. The van der Waals surface area contributed by atoms with Crippen molar-refractivity contribution in [2.45, 2.75) is 32.6 Å². The lowest BCUT2D eigenvalue weighted by molar-refractivity contribution is -0.120. The van der Waals surface area contributed by atoms with Gasteiger partial charge in [-0.2, -0.15) is 0 Å². The van der Waals surface area contributed by atoms with E-state index in [1.54, 1.807) is 0 Å². The number of carbonyl (C=O) groups is 1. The molecule has 0 unspecified atom stereocenters. The Morgan fingerprint density at radius 3 is 2.11 bits per heavy atom. The van der Waals surface area contributed by atoms with E-state index in [9.17, 15) is 13.2 Å². The van der Waals surface area contributed by atoms with E-state index in [-0.39, 0.29) is 30.8 Å². The zero-order valence-electron chi connectivity index (χ0n) is 16.4. The summed E-state index contributed by atoms with van der Waals surface area (Å²) < 4.78 is 25.7. The fraction of sp³-hybridized carbons (Fsp3) is 0.381. The first-order valence-corrected chi connectivity index (χ1v) is 10.8. The molecule has 0 aliphatic carbocycles. The molecule has 0 aliphatic rings. The lowest BCUT2D eigenvalue weighted by atomic mass is 9.87. The van der Waals surface area contributed by atoms with Crippen LogP contribution in [-0.2, 0) is 26.7 Å². The van der Waals surface area contributed by atoms with Gasteiger partial charge in [0, 0.05) is 6.54 Å². The van der Waals surface area contributed by atoms with Crippen molar-refractivity contribution < 1.29 is 13.2 Å². The highest BCUT2D eigenvalue weighted by molar-refractivity contribution is 7.92. The van der Waals surface area contributed by atoms with Crippen molar-refractivity contribution in [2.75, 3.05) is 23.7 Å². The van der Waals surface area contributed by atoms with Gasteiger partial charge in [0.2, 0.25) is 15.9 Å². The summed E-state index contributed by atoms with van der Waals surface area (Å²) in [7, 11) is -3.44. The molecule has 27 heavy (non-hydrogen) atoms. The van der Waals surface area contributed by atoms with Gasteiger partial charge in [0.05, 0.1) is 24.9 Å². The van der Waals surface area contributed by atoms with Crippen LogP contribution in [0.5, 0.6) is 0 Å². The SMILES string of the molecule is CC(C)(C)c1ccc(N(CCNC(=O)Cc2ccccc2)S(C)(=O)=O)cc1. The number of nitrogens with zero attached hydrogens (tertiary/aromatic N) is 1. The van der Waals surface area contributed by atoms with Crippen LogP contribution in [0.4, 0.5) is 5.69 Å². The van der Waals surface area contributed by atoms with Crippen LogP contribution in [0.1, 0.15) is 31.9 Å². The van der Waals surface area contributed by atoms with Crippen LogP contribution in [0.2, 0.25) is 0 Å². The molecule has 0 saturated heterocycles. The van der Waals surface area contributed by atoms with Gasteiger partial charge in [-0.15, -0.1) is 0 Å². The molecule has 0 fully saturated rings. The maximum Gasteiger partial charge on any atom is 0.232 e. The highest BCUT2D eigenvalue weighted by atomic mass is 32.2. The van der Waals surface area contributed by atoms with Crippen LogP contribution < -0.4 is 9.62 Å². The van der Waals surface area contributed by atoms with E-state index in [2.05, 4.69) is 26.1 Å². The van der Waals surface area contributed by atoms with Crippen molar-refractivity contribution >= 4 is 21.6 Å². The van der Waals surface area contributed by atoms with Gasteiger partial charge in [0.25, 0.3) is 0 Å². The summed E-state index contributed by atoms with van der Waals surface area (Å²) in [5.41, 5.74) is 2.66. The first-order valence-electron chi connectivity index (χ1n) is 8.96. The van der Waals surface area contributed by atoms with Crippen molar-refractivity contribution in [3.8, 4) is 0 Å². The fourth-order valence-corrected chi connectivity index (χ4v) is 3.68. The Balaban J connectivity index is 2.00. The Labute approximate surface area is 162 Å². The molecule has 146 valence electrons. The van der Waals surface area contributed by atoms with Gasteiger partial charge in [0.15, 0.2) is 0 Å². The highest BCUT2D eigenvalue weighted by Crippen LogP contribution is 2.25. The van der Waals surface area contributed by atoms with Gasteiger partial charge >= 0.3 is 0 Å². The Morgan fingerprint density at radius 2 is 1.59 bits per heavy atom. The summed E-state index contributed by atoms with van der Waals surface area (Å²) in [6.07, 6.45) is 1.45. The summed E-state index contributed by atoms with van der Waals surface area (Å²) in [6.45, 7) is 6.77. The van der Waals surface area contributed by atoms with Crippen LogP contribution in [0.3, 0.4) is 0 Å². The summed E-state index contributed by atoms with van der Waals surface area (Å²) in [5.74, 6) is -0.127. The summed E-state index contributed by atoms with van der Waals surface area (Å²) in [6, 6.07) is 17.0. The minimum Gasteiger partial charge on any atom is -0.354 e. The maximum absolute atomic E-state index is 12.2. The quantitative estimate of drug-likeness (QED) is 0.792. The normalized spacial score (nSPS) is 11.9. The van der Waals surface area contributed by atoms with Gasteiger partial charge in [-0.1, -0.05) is 63.2 Å². The summed E-state index contributed by atoms with van der Waals surface area (Å²) in [4.78, 5) is 12.1. The second kappa shape index (κ2) is 8.57. The molecule has 0 heterocycles. The molecular weight excluding hydrogens is 360 g/mol. The molecule has 6 heteroatoms. The lowest BCUT2D eigenvalue weighted by Crippen LogP contribution is -2.38. The molecule has 1 N–H and O–H groups in total. The molecule has 0 bridgehead atoms. The molecule has 5 nitrogen and oxygen atoms in total. The Bertz CT molecular complexity index is 855. The van der Waals surface area contributed by atoms with Crippen molar-refractivity contribution in [2.24, 2.45) is 0 Å². The molecule has 2 aromatic carbocycles. The number of benzene rings is 2. The van der Waals surface area contributed by atoms with Crippen molar-refractivity contribution in [1.82, 2.24) is 5.32 Å². The fourth-order valence-electron chi connectivity index (χ4n) is 2.75. The maximum atomic E-state index is 12.2. The highest BCUT2D eigenvalue weighted by Gasteiger charge is 2.19. The largest absolute Gasteiger partial charge is 0.354 e. The van der Waals surface area contributed by atoms with Crippen LogP contribution in [0.15, 0.2) is 54.6 Å². The first-order chi connectivity index (χ1) is 12.6. The zero-order chi connectivity index (χ0) is 20.1. The van der Waals surface area contributed by atoms with Gasteiger partial charge < -0.3 is 5.32 Å². The Hall–Kier alpha value is -2.34. The number of anilines is 1. The number of sulfonamides is 1. The molecule has 0 saturated carbocycles. The van der Waals surface area contributed by atoms with E-state index >= 15 is 0 Å². The molecule has 0 aromatic heterocycles. The van der Waals surface area contributed by atoms with E-state index in [1.807, 2.05) is 54.6 Å². The van der Waals surface area contributed by atoms with E-state index in [0.717, 1.165) is 11.1 Å². The molecule has 0 atom stereocenters. The second-order valence-corrected chi connectivity index (χ2v) is 9.55. The average Bonchev–Trinajstić information content (AvgIpc) is 2.58. The minimum absolute atomic E-state index is 0.000136. The molecule has 0 radical (unpaired) electrons. The van der Waals surface area contributed by atoms with Gasteiger partial charge in [-0.25, -0.2) is 8.42 Å². The standard InChI is InChI=1S/C21H28N2O3S/c1-21(2,3)18-10-12-19(13-11-18)23(27(4,25)26)15-14-22-20(24)16-17-8-6-5-7-9-17/h5-13H,14-16H2,1-4H3,(H,22,24). The number of hydrogen-bond acceptors (Lipinski definition) is 3. The predicted molar refractivity (Wildman–Crippen MR) is 110 cm³/mol. The second-order valence-electron chi connectivity index (χ2n) is 7.64. The molecule has 2 aromatic rings. The monoisotopic (exact) mass is 388 g/mol. The first kappa shape index (κ1) is 21.0. The molecule has 0 spiro atoms. The van der Waals surface area contributed by atoms with Crippen molar-refractivity contribution in [3.05, 3.63) is 65.7 Å². The van der Waals surface area contributed by atoms with Crippen LogP contribution in [-0.4, -0.2) is 33.7 Å². The van der Waals surface area contributed by atoms with E-state index in [1.165, 1.54) is 10.6 Å². The van der Waals surface area contributed by atoms with E-state index in [4.69, 9.17) is 0 Å². The Kier molecular flexibility index (Phi) is 6.65. The summed E-state index contributed by atoms with van der Waals surface area (Å²) >= 11 is 0. The number of amides is 1. The summed E-state index contributed by atoms with van der Waals surface area (Å²) in [5, 5.41) is 2.79. The number of hydrogen-bond donors (Lipinski definition) is 1. The smallest absolute Gasteiger partial charge is 0.232 e. The van der Waals surface area contributed by atoms with E-state index < -0.39 is 10.0 Å². The lowest BCUT2D eigenvalue weighted by Gasteiger charge is -2.24. The predicted octanol–water partition coefficient (Wildman–Crippen LogP) is 3.11. The van der Waals surface area contributed by atoms with Crippen LogP contribution in [0.25, 0.3) is 0 Å². The third-order valence-electron chi connectivity index (χ3n) is 4.27. The topological polar surface area (TPSA) is 66.5 Å². The average molecular weight is 389 g/mol. The molecule has 2 rings (SSSR count). The van der Waals surface area contributed by atoms with Gasteiger partial charge in [-0.3, -0.25) is 9.10 Å². The van der Waals surface area contributed by atoms with E-state index in [0.29, 0.717) is 5.69 Å². The third-order valence-corrected chi connectivity index (χ3v) is 5.46. The molecule has 1 amide bonds. The van der Waals surface area contributed by atoms with Crippen LogP contribution >= 0.6 is 0 Å². The van der Waals surface area contributed by atoms with Gasteiger partial charge in [-0.05, 0) is 28.7 Å². The third kappa shape index (κ3) is 6.40. The van der Waals surface area contributed by atoms with Gasteiger partial charge in [0.1, 0.15) is 0 Å². The molecular formula is C21H28N2O3S. The van der Waals surface area contributed by atoms with Crippen molar-refractivity contribution in [3.63, 3.8) is 0 Å². The van der Waals surface area contributed by atoms with Crippen molar-refractivity contribution in [1.29, 1.82) is 0 Å². The minimum atomic E-state index is -3.44.